The van der Waals surface area contributed by atoms with E-state index in [0.29, 0.717) is 16.6 Å². The minimum Gasteiger partial charge on any atom is -0.304 e. The predicted octanol–water partition coefficient (Wildman–Crippen LogP) is 4.90. The fraction of sp³-hybridized carbons (Fsp3) is 0.238. The molecule has 0 bridgehead atoms. The number of imidazole rings is 1. The fourth-order valence-electron chi connectivity index (χ4n) is 3.51. The first-order valence-corrected chi connectivity index (χ1v) is 9.52. The zero-order valence-electron chi connectivity index (χ0n) is 15.5. The van der Waals surface area contributed by atoms with Gasteiger partial charge in [-0.25, -0.2) is 4.98 Å². The van der Waals surface area contributed by atoms with Crippen molar-refractivity contribution in [2.75, 3.05) is 14.1 Å². The van der Waals surface area contributed by atoms with Crippen molar-refractivity contribution in [3.63, 3.8) is 0 Å². The number of nitrogens with zero attached hydrogens (tertiary/aromatic N) is 4. The summed E-state index contributed by atoms with van der Waals surface area (Å²) in [7, 11) is 4.12. The molecule has 0 spiro atoms. The maximum atomic E-state index is 6.48. The highest BCUT2D eigenvalue weighted by molar-refractivity contribution is 6.36. The molecule has 27 heavy (non-hydrogen) atoms. The molecule has 4 nitrogen and oxygen atoms in total. The maximum absolute atomic E-state index is 6.48. The first kappa shape index (κ1) is 18.2. The van der Waals surface area contributed by atoms with Crippen molar-refractivity contribution in [3.8, 4) is 5.69 Å². The number of aromatic nitrogens is 2. The third kappa shape index (κ3) is 3.29. The fourth-order valence-corrected chi connectivity index (χ4v) is 3.91. The van der Waals surface area contributed by atoms with Gasteiger partial charge in [-0.05, 0) is 45.3 Å². The van der Waals surface area contributed by atoms with Gasteiger partial charge in [-0.15, -0.1) is 0 Å². The topological polar surface area (TPSA) is 33.4 Å². The van der Waals surface area contributed by atoms with Gasteiger partial charge in [0, 0.05) is 27.7 Å². The molecule has 0 radical (unpaired) electrons. The second kappa shape index (κ2) is 7.12. The van der Waals surface area contributed by atoms with Crippen LogP contribution < -0.4 is 0 Å². The lowest BCUT2D eigenvalue weighted by Crippen LogP contribution is -2.16. The van der Waals surface area contributed by atoms with E-state index < -0.39 is 0 Å². The van der Waals surface area contributed by atoms with Crippen LogP contribution in [0.4, 0.5) is 0 Å². The molecule has 1 aromatic heterocycles. The van der Waals surface area contributed by atoms with Gasteiger partial charge in [-0.3, -0.25) is 9.56 Å². The van der Waals surface area contributed by atoms with Crippen molar-refractivity contribution >= 4 is 28.9 Å². The van der Waals surface area contributed by atoms with E-state index >= 15 is 0 Å². The molecule has 0 saturated carbocycles. The van der Waals surface area contributed by atoms with E-state index in [0.717, 1.165) is 46.3 Å². The minimum atomic E-state index is 0.487. The number of fused-ring (bicyclic) bond motifs is 3. The molecule has 0 fully saturated rings. The number of rotatable bonds is 3. The standard InChI is InChI=1S/C21H20Cl2N4/c1-13-19(12-26(2)3)27-18-9-8-14(22)10-16(18)21(24-11-20(27)25-13)15-6-4-5-7-17(15)23/h4-10H,11-12H2,1-3H3. The Balaban J connectivity index is 1.98. The van der Waals surface area contributed by atoms with E-state index in [9.17, 15) is 0 Å². The molecule has 2 aromatic carbocycles. The highest BCUT2D eigenvalue weighted by Crippen LogP contribution is 2.31. The van der Waals surface area contributed by atoms with E-state index in [1.165, 1.54) is 0 Å². The van der Waals surface area contributed by atoms with Crippen molar-refractivity contribution < 1.29 is 0 Å². The molecule has 6 heteroatoms. The SMILES string of the molecule is Cc1nc2n(c1CN(C)C)-c1ccc(Cl)cc1C(c1ccccc1Cl)=NC2. The van der Waals surface area contributed by atoms with Gasteiger partial charge in [0.1, 0.15) is 5.82 Å². The van der Waals surface area contributed by atoms with Crippen molar-refractivity contribution in [1.29, 1.82) is 0 Å². The Morgan fingerprint density at radius 2 is 1.85 bits per heavy atom. The largest absolute Gasteiger partial charge is 0.304 e. The molecule has 0 saturated heterocycles. The van der Waals surface area contributed by atoms with Crippen LogP contribution in [0.15, 0.2) is 47.5 Å². The molecule has 1 aliphatic rings. The van der Waals surface area contributed by atoms with Crippen LogP contribution >= 0.6 is 23.2 Å². The Hall–Kier alpha value is -2.14. The second-order valence-electron chi connectivity index (χ2n) is 6.94. The molecule has 0 N–H and O–H groups in total. The van der Waals surface area contributed by atoms with Crippen LogP contribution in [0.1, 0.15) is 28.3 Å². The first-order chi connectivity index (χ1) is 13.0. The highest BCUT2D eigenvalue weighted by Gasteiger charge is 2.24. The molecule has 4 rings (SSSR count). The molecule has 0 amide bonds. The number of halogens is 2. The van der Waals surface area contributed by atoms with Crippen molar-refractivity contribution in [2.24, 2.45) is 4.99 Å². The lowest BCUT2D eigenvalue weighted by molar-refractivity contribution is 0.392. The van der Waals surface area contributed by atoms with Crippen LogP contribution in [0.25, 0.3) is 5.69 Å². The third-order valence-electron chi connectivity index (χ3n) is 4.67. The zero-order valence-corrected chi connectivity index (χ0v) is 17.0. The molecule has 0 atom stereocenters. The quantitative estimate of drug-likeness (QED) is 0.628. The summed E-state index contributed by atoms with van der Waals surface area (Å²) in [5, 5.41) is 1.34. The van der Waals surface area contributed by atoms with Gasteiger partial charge in [-0.1, -0.05) is 41.4 Å². The van der Waals surface area contributed by atoms with Crippen molar-refractivity contribution in [2.45, 2.75) is 20.0 Å². The Bertz CT molecular complexity index is 1050. The van der Waals surface area contributed by atoms with E-state index in [1.54, 1.807) is 0 Å². The zero-order chi connectivity index (χ0) is 19.1. The number of hydrogen-bond acceptors (Lipinski definition) is 3. The van der Waals surface area contributed by atoms with Crippen LogP contribution in [-0.4, -0.2) is 34.3 Å². The summed E-state index contributed by atoms with van der Waals surface area (Å²) in [6.07, 6.45) is 0. The lowest BCUT2D eigenvalue weighted by Gasteiger charge is -2.17. The summed E-state index contributed by atoms with van der Waals surface area (Å²) >= 11 is 12.8. The molecule has 2 heterocycles. The molecule has 3 aromatic rings. The van der Waals surface area contributed by atoms with Gasteiger partial charge in [-0.2, -0.15) is 0 Å². The van der Waals surface area contributed by atoms with Crippen molar-refractivity contribution in [1.82, 2.24) is 14.5 Å². The number of benzene rings is 2. The number of aryl methyl sites for hydroxylation is 1. The third-order valence-corrected chi connectivity index (χ3v) is 5.24. The molecular weight excluding hydrogens is 379 g/mol. The number of aliphatic imine (C=N–C) groups is 1. The lowest BCUT2D eigenvalue weighted by atomic mass is 10.00. The summed E-state index contributed by atoms with van der Waals surface area (Å²) in [6.45, 7) is 3.33. The summed E-state index contributed by atoms with van der Waals surface area (Å²) in [5.41, 5.74) is 5.93. The van der Waals surface area contributed by atoms with E-state index in [2.05, 4.69) is 30.5 Å². The average molecular weight is 399 g/mol. The summed E-state index contributed by atoms with van der Waals surface area (Å²) in [6, 6.07) is 13.7. The maximum Gasteiger partial charge on any atom is 0.135 e. The van der Waals surface area contributed by atoms with Gasteiger partial charge < -0.3 is 4.90 Å². The normalized spacial score (nSPS) is 13.2. The molecule has 0 unspecified atom stereocenters. The smallest absolute Gasteiger partial charge is 0.135 e. The van der Waals surface area contributed by atoms with Crippen LogP contribution in [0.2, 0.25) is 10.0 Å². The minimum absolute atomic E-state index is 0.487. The highest BCUT2D eigenvalue weighted by atomic mass is 35.5. The van der Waals surface area contributed by atoms with Crippen LogP contribution in [0, 0.1) is 6.92 Å². The Morgan fingerprint density at radius 1 is 1.07 bits per heavy atom. The monoisotopic (exact) mass is 398 g/mol. The Morgan fingerprint density at radius 3 is 2.59 bits per heavy atom. The molecule has 0 aliphatic carbocycles. The molecule has 1 aliphatic heterocycles. The molecular formula is C21H20Cl2N4. The van der Waals surface area contributed by atoms with E-state index in [4.69, 9.17) is 33.2 Å². The van der Waals surface area contributed by atoms with Gasteiger partial charge in [0.25, 0.3) is 0 Å². The second-order valence-corrected chi connectivity index (χ2v) is 7.78. The summed E-state index contributed by atoms with van der Waals surface area (Å²) in [4.78, 5) is 11.8. The summed E-state index contributed by atoms with van der Waals surface area (Å²) in [5.74, 6) is 0.926. The Kier molecular flexibility index (Phi) is 4.81. The van der Waals surface area contributed by atoms with Crippen LogP contribution in [0.3, 0.4) is 0 Å². The van der Waals surface area contributed by atoms with E-state index in [-0.39, 0.29) is 0 Å². The average Bonchev–Trinajstić information content (AvgIpc) is 2.83. The first-order valence-electron chi connectivity index (χ1n) is 8.77. The van der Waals surface area contributed by atoms with Gasteiger partial charge in [0.15, 0.2) is 0 Å². The van der Waals surface area contributed by atoms with Crippen LogP contribution in [0.5, 0.6) is 0 Å². The van der Waals surface area contributed by atoms with Crippen LogP contribution in [-0.2, 0) is 13.1 Å². The summed E-state index contributed by atoms with van der Waals surface area (Å²) < 4.78 is 2.22. The van der Waals surface area contributed by atoms with Crippen molar-refractivity contribution in [3.05, 3.63) is 80.8 Å². The van der Waals surface area contributed by atoms with E-state index in [1.807, 2.05) is 42.5 Å². The van der Waals surface area contributed by atoms with Gasteiger partial charge in [0.05, 0.1) is 29.3 Å². The predicted molar refractivity (Wildman–Crippen MR) is 111 cm³/mol. The van der Waals surface area contributed by atoms with Gasteiger partial charge >= 0.3 is 0 Å². The molecule has 138 valence electrons. The number of hydrogen-bond donors (Lipinski definition) is 0. The Labute approximate surface area is 169 Å². The van der Waals surface area contributed by atoms with Gasteiger partial charge in [0.2, 0.25) is 0 Å².